The quantitative estimate of drug-likeness (QED) is 0.371. The summed E-state index contributed by atoms with van der Waals surface area (Å²) in [5.41, 5.74) is 1.35. The van der Waals surface area contributed by atoms with Gasteiger partial charge in [0.1, 0.15) is 17.7 Å². The molecule has 0 bridgehead atoms. The molecule has 0 aliphatic rings. The van der Waals surface area contributed by atoms with Gasteiger partial charge in [0.05, 0.1) is 18.1 Å². The first-order valence-corrected chi connectivity index (χ1v) is 12.3. The second-order valence-corrected chi connectivity index (χ2v) is 8.57. The molecule has 1 atom stereocenters. The highest BCUT2D eigenvalue weighted by Crippen LogP contribution is 2.23. The maximum absolute atomic E-state index is 13.7. The van der Waals surface area contributed by atoms with Crippen molar-refractivity contribution in [2.24, 2.45) is 0 Å². The van der Waals surface area contributed by atoms with Crippen LogP contribution < -0.4 is 15.8 Å². The largest absolute Gasteiger partial charge is 0.357 e. The van der Waals surface area contributed by atoms with Crippen molar-refractivity contribution in [1.29, 1.82) is 0 Å². The smallest absolute Gasteiger partial charge is 0.263 e. The molecule has 4 rings (SSSR count). The van der Waals surface area contributed by atoms with Gasteiger partial charge in [0.15, 0.2) is 11.6 Å². The van der Waals surface area contributed by atoms with Crippen LogP contribution in [0.1, 0.15) is 48.3 Å². The maximum Gasteiger partial charge on any atom is 0.263 e. The van der Waals surface area contributed by atoms with E-state index >= 15 is 0 Å². The van der Waals surface area contributed by atoms with Crippen molar-refractivity contribution in [3.63, 3.8) is 0 Å². The topological polar surface area (TPSA) is 80.1 Å². The third-order valence-corrected chi connectivity index (χ3v) is 6.31. The number of nitrogens with zero attached hydrogens (tertiary/aromatic N) is 4. The predicted molar refractivity (Wildman–Crippen MR) is 143 cm³/mol. The van der Waals surface area contributed by atoms with Gasteiger partial charge in [0.2, 0.25) is 0 Å². The number of halogens is 2. The number of benzene rings is 2. The van der Waals surface area contributed by atoms with Crippen molar-refractivity contribution in [2.45, 2.75) is 26.8 Å². The Bertz CT molecular complexity index is 1600. The molecule has 0 aliphatic heterocycles. The van der Waals surface area contributed by atoms with Crippen LogP contribution in [-0.4, -0.2) is 40.1 Å². The van der Waals surface area contributed by atoms with Crippen LogP contribution in [0.15, 0.2) is 65.8 Å². The number of nitrogens with one attached hydrogen (secondary N) is 1. The molecule has 2 aromatic heterocycles. The minimum absolute atomic E-state index is 0.0259. The second kappa shape index (κ2) is 11.6. The fourth-order valence-electron chi connectivity index (χ4n) is 4.18. The van der Waals surface area contributed by atoms with Crippen molar-refractivity contribution in [3.05, 3.63) is 99.7 Å². The van der Waals surface area contributed by atoms with Gasteiger partial charge in [-0.3, -0.25) is 9.59 Å². The summed E-state index contributed by atoms with van der Waals surface area (Å²) in [4.78, 5) is 36.6. The highest BCUT2D eigenvalue weighted by Gasteiger charge is 2.17. The van der Waals surface area contributed by atoms with Crippen LogP contribution in [0.3, 0.4) is 0 Å². The number of anilines is 1. The Labute approximate surface area is 219 Å². The van der Waals surface area contributed by atoms with E-state index in [0.29, 0.717) is 5.56 Å². The number of hydrogen-bond donors (Lipinski definition) is 1. The normalized spacial score (nSPS) is 11.5. The van der Waals surface area contributed by atoms with E-state index in [2.05, 4.69) is 45.9 Å². The molecule has 9 heteroatoms. The first-order chi connectivity index (χ1) is 18.3. The van der Waals surface area contributed by atoms with E-state index in [4.69, 9.17) is 0 Å². The minimum Gasteiger partial charge on any atom is -0.357 e. The first kappa shape index (κ1) is 26.5. The van der Waals surface area contributed by atoms with Crippen LogP contribution in [-0.2, 0) is 0 Å². The van der Waals surface area contributed by atoms with Gasteiger partial charge in [-0.05, 0) is 68.8 Å². The van der Waals surface area contributed by atoms with E-state index in [-0.39, 0.29) is 12.1 Å². The van der Waals surface area contributed by atoms with Crippen LogP contribution in [0.25, 0.3) is 10.9 Å². The second-order valence-electron chi connectivity index (χ2n) is 8.57. The molecule has 2 aromatic carbocycles. The molecule has 0 saturated carbocycles. The third kappa shape index (κ3) is 5.54. The first-order valence-electron chi connectivity index (χ1n) is 12.3. The van der Waals surface area contributed by atoms with Crippen molar-refractivity contribution in [3.8, 4) is 11.8 Å². The van der Waals surface area contributed by atoms with Gasteiger partial charge in [-0.15, -0.1) is 0 Å². The standard InChI is InChI=1S/C29H27F2N5O2/c1-4-35(5-2)27-23-16-20(10-13-26(23)33-18-34-27)8-6-14-32-28(37)22-9-7-15-36(29(22)38)19(3)21-11-12-24(30)25(31)17-21/h7,9-13,15-19H,4-5,14H2,1-3H3,(H,32,37). The summed E-state index contributed by atoms with van der Waals surface area (Å²) in [6.07, 6.45) is 3.05. The lowest BCUT2D eigenvalue weighted by Gasteiger charge is -2.21. The van der Waals surface area contributed by atoms with E-state index in [0.717, 1.165) is 47.5 Å². The number of fused-ring (bicyclic) bond motifs is 1. The Morgan fingerprint density at radius 1 is 1.08 bits per heavy atom. The molecule has 0 aliphatic carbocycles. The number of hydrogen-bond acceptors (Lipinski definition) is 5. The number of pyridine rings is 1. The molecule has 1 unspecified atom stereocenters. The van der Waals surface area contributed by atoms with E-state index < -0.39 is 29.1 Å². The van der Waals surface area contributed by atoms with Crippen LogP contribution in [0.4, 0.5) is 14.6 Å². The molecule has 0 fully saturated rings. The van der Waals surface area contributed by atoms with Gasteiger partial charge >= 0.3 is 0 Å². The molecule has 38 heavy (non-hydrogen) atoms. The molecule has 4 aromatic rings. The lowest BCUT2D eigenvalue weighted by molar-refractivity contribution is 0.0956. The fourth-order valence-corrected chi connectivity index (χ4v) is 4.18. The Hall–Kier alpha value is -4.58. The van der Waals surface area contributed by atoms with E-state index in [1.54, 1.807) is 19.3 Å². The Kier molecular flexibility index (Phi) is 8.12. The summed E-state index contributed by atoms with van der Waals surface area (Å²) in [6.45, 7) is 7.44. The van der Waals surface area contributed by atoms with Gasteiger partial charge in [-0.25, -0.2) is 18.7 Å². The van der Waals surface area contributed by atoms with Gasteiger partial charge in [-0.2, -0.15) is 0 Å². The number of aromatic nitrogens is 3. The van der Waals surface area contributed by atoms with Gasteiger partial charge in [-0.1, -0.05) is 17.9 Å². The molecular formula is C29H27F2N5O2. The molecule has 0 saturated heterocycles. The summed E-state index contributed by atoms with van der Waals surface area (Å²) in [5.74, 6) is 4.24. The van der Waals surface area contributed by atoms with Crippen molar-refractivity contribution >= 4 is 22.6 Å². The molecule has 1 amide bonds. The molecular weight excluding hydrogens is 488 g/mol. The lowest BCUT2D eigenvalue weighted by atomic mass is 10.1. The highest BCUT2D eigenvalue weighted by molar-refractivity contribution is 5.94. The van der Waals surface area contributed by atoms with E-state index in [1.807, 2.05) is 18.2 Å². The van der Waals surface area contributed by atoms with Gasteiger partial charge in [0, 0.05) is 30.2 Å². The van der Waals surface area contributed by atoms with Crippen LogP contribution in [0.5, 0.6) is 0 Å². The van der Waals surface area contributed by atoms with Crippen LogP contribution in [0, 0.1) is 23.5 Å². The number of amides is 1. The average Bonchev–Trinajstić information content (AvgIpc) is 2.93. The molecule has 2 heterocycles. The molecule has 0 radical (unpaired) electrons. The SMILES string of the molecule is CCN(CC)c1ncnc2ccc(C#CCNC(=O)c3cccn(C(C)c4ccc(F)c(F)c4)c3=O)cc12. The monoisotopic (exact) mass is 515 g/mol. The predicted octanol–water partition coefficient (Wildman–Crippen LogP) is 4.31. The van der Waals surface area contributed by atoms with Crippen LogP contribution in [0.2, 0.25) is 0 Å². The molecule has 1 N–H and O–H groups in total. The zero-order chi connectivity index (χ0) is 27.2. The van der Waals surface area contributed by atoms with Crippen molar-refractivity contribution in [1.82, 2.24) is 19.9 Å². The molecule has 0 spiro atoms. The number of carbonyl (C=O) groups is 1. The fraction of sp³-hybridized carbons (Fsp3) is 0.241. The van der Waals surface area contributed by atoms with Gasteiger partial charge < -0.3 is 14.8 Å². The van der Waals surface area contributed by atoms with Crippen molar-refractivity contribution in [2.75, 3.05) is 24.5 Å². The average molecular weight is 516 g/mol. The lowest BCUT2D eigenvalue weighted by Crippen LogP contribution is -2.34. The molecule has 7 nitrogen and oxygen atoms in total. The summed E-state index contributed by atoms with van der Waals surface area (Å²) in [5, 5.41) is 3.54. The van der Waals surface area contributed by atoms with E-state index in [9.17, 15) is 18.4 Å². The Morgan fingerprint density at radius 3 is 2.61 bits per heavy atom. The van der Waals surface area contributed by atoms with Gasteiger partial charge in [0.25, 0.3) is 11.5 Å². The number of rotatable bonds is 7. The zero-order valence-corrected chi connectivity index (χ0v) is 21.3. The van der Waals surface area contributed by atoms with E-state index in [1.165, 1.54) is 22.9 Å². The minimum atomic E-state index is -1.00. The summed E-state index contributed by atoms with van der Waals surface area (Å²) in [7, 11) is 0. The Balaban J connectivity index is 1.49. The van der Waals surface area contributed by atoms with Crippen LogP contribution >= 0.6 is 0 Å². The van der Waals surface area contributed by atoms with Crippen molar-refractivity contribution < 1.29 is 13.6 Å². The molecule has 194 valence electrons. The highest BCUT2D eigenvalue weighted by atomic mass is 19.2. The maximum atomic E-state index is 13.7. The third-order valence-electron chi connectivity index (χ3n) is 6.31. The number of carbonyl (C=O) groups excluding carboxylic acids is 1. The summed E-state index contributed by atoms with van der Waals surface area (Å²) in [6, 6.07) is 11.5. The zero-order valence-electron chi connectivity index (χ0n) is 21.3. The Morgan fingerprint density at radius 2 is 1.87 bits per heavy atom. The summed E-state index contributed by atoms with van der Waals surface area (Å²) < 4.78 is 28.3. The summed E-state index contributed by atoms with van der Waals surface area (Å²) >= 11 is 0.